The third-order valence-electron chi connectivity index (χ3n) is 9.80. The van der Waals surface area contributed by atoms with Crippen LogP contribution < -0.4 is 25.8 Å². The zero-order chi connectivity index (χ0) is 32.6. The summed E-state index contributed by atoms with van der Waals surface area (Å²) in [5.74, 6) is 0.835. The average molecular weight is 632 g/mol. The lowest BCUT2D eigenvalue weighted by Gasteiger charge is -2.57. The fraction of sp³-hybridized carbons (Fsp3) is 0.543. The Balaban J connectivity index is 1.33. The topological polar surface area (TPSA) is 140 Å². The van der Waals surface area contributed by atoms with Crippen LogP contribution >= 0.6 is 0 Å². The fourth-order valence-electron chi connectivity index (χ4n) is 8.53. The summed E-state index contributed by atoms with van der Waals surface area (Å²) >= 11 is 0. The first kappa shape index (κ1) is 31.8. The molecule has 1 aliphatic heterocycles. The molecule has 0 saturated heterocycles. The second kappa shape index (κ2) is 12.6. The first-order valence-corrected chi connectivity index (χ1v) is 16.4. The number of hydrogen-bond donors (Lipinski definition) is 4. The van der Waals surface area contributed by atoms with Crippen LogP contribution in [0.3, 0.4) is 0 Å². The van der Waals surface area contributed by atoms with Crippen molar-refractivity contribution in [3.63, 3.8) is 0 Å². The smallest absolute Gasteiger partial charge is 0.408 e. The maximum atomic E-state index is 14.6. The van der Waals surface area contributed by atoms with E-state index < -0.39 is 48.2 Å². The van der Waals surface area contributed by atoms with Crippen molar-refractivity contribution in [1.82, 2.24) is 10.6 Å². The highest BCUT2D eigenvalue weighted by atomic mass is 16.6. The van der Waals surface area contributed by atoms with Crippen molar-refractivity contribution < 1.29 is 29.0 Å². The molecule has 4 fully saturated rings. The van der Waals surface area contributed by atoms with E-state index in [1.54, 1.807) is 62.1 Å². The molecule has 4 bridgehead atoms. The molecular formula is C35H45N5O6. The molecule has 7 rings (SSSR count). The molecule has 46 heavy (non-hydrogen) atoms. The molecule has 4 aliphatic carbocycles. The first-order valence-electron chi connectivity index (χ1n) is 16.4. The molecule has 2 atom stereocenters. The second-order valence-corrected chi connectivity index (χ2v) is 14.7. The van der Waals surface area contributed by atoms with Crippen LogP contribution in [0.15, 0.2) is 54.6 Å². The minimum atomic E-state index is -1.54. The summed E-state index contributed by atoms with van der Waals surface area (Å²) < 4.78 is 5.39. The van der Waals surface area contributed by atoms with Crippen molar-refractivity contribution in [2.24, 2.45) is 23.2 Å². The molecule has 11 heteroatoms. The van der Waals surface area contributed by atoms with Gasteiger partial charge >= 0.3 is 12.1 Å². The van der Waals surface area contributed by atoms with E-state index in [0.717, 1.165) is 19.3 Å². The number of carbonyl (C=O) groups is 4. The predicted molar refractivity (Wildman–Crippen MR) is 174 cm³/mol. The van der Waals surface area contributed by atoms with Crippen LogP contribution in [0.1, 0.15) is 59.3 Å². The summed E-state index contributed by atoms with van der Waals surface area (Å²) in [6.07, 6.45) is 6.21. The molecular weight excluding hydrogens is 586 g/mol. The highest BCUT2D eigenvalue weighted by Crippen LogP contribution is 2.60. The Bertz CT molecular complexity index is 1440. The lowest BCUT2D eigenvalue weighted by atomic mass is 9.49. The summed E-state index contributed by atoms with van der Waals surface area (Å²) in [6.45, 7) is 5.03. The number of anilines is 3. The van der Waals surface area contributed by atoms with Crippen molar-refractivity contribution >= 4 is 41.0 Å². The van der Waals surface area contributed by atoms with Crippen molar-refractivity contribution in [3.05, 3.63) is 54.6 Å². The Morgan fingerprint density at radius 2 is 1.43 bits per heavy atom. The van der Waals surface area contributed by atoms with E-state index in [-0.39, 0.29) is 12.0 Å². The number of para-hydroxylation sites is 3. The number of ether oxygens (including phenoxy) is 1. The largest absolute Gasteiger partial charge is 0.444 e. The minimum absolute atomic E-state index is 0.0432. The SMILES string of the molecule is CC(C)(C)OC(=O)N[C@@H](CO)CN1C(=O)C(NC(=O)Nc2ccccc2)C(=O)N(CC23CC4CC(CC(C4)C2)C3)c2ccccc21. The molecule has 5 amide bonds. The maximum Gasteiger partial charge on any atom is 0.408 e. The molecule has 0 aromatic heterocycles. The number of rotatable bonds is 8. The Morgan fingerprint density at radius 1 is 0.891 bits per heavy atom. The van der Waals surface area contributed by atoms with Gasteiger partial charge in [0.15, 0.2) is 6.04 Å². The van der Waals surface area contributed by atoms with Crippen LogP contribution in [0.5, 0.6) is 0 Å². The first-order chi connectivity index (χ1) is 21.9. The standard InChI is InChI=1S/C35H45N5O6/c1-34(2,3)46-33(45)37-26(20-41)19-39-27-11-7-8-12-28(27)40(21-35-16-22-13-23(17-35)15-24(14-22)18-35)31(43)29(30(39)42)38-32(44)36-25-9-5-4-6-10-25/h4-12,22-24,26,29,41H,13-21H2,1-3H3,(H,37,45)(H2,36,38,44)/t22?,23?,24?,26-,29?,35?/m1/s1. The molecule has 4 N–H and O–H groups in total. The maximum absolute atomic E-state index is 14.6. The molecule has 1 unspecified atom stereocenters. The number of aliphatic hydroxyl groups is 1. The van der Waals surface area contributed by atoms with Gasteiger partial charge in [-0.2, -0.15) is 0 Å². The van der Waals surface area contributed by atoms with E-state index in [1.165, 1.54) is 24.2 Å². The van der Waals surface area contributed by atoms with Crippen LogP contribution in [0.4, 0.5) is 26.7 Å². The van der Waals surface area contributed by atoms with Gasteiger partial charge in [-0.05, 0) is 107 Å². The molecule has 0 radical (unpaired) electrons. The van der Waals surface area contributed by atoms with Crippen LogP contribution in [-0.2, 0) is 14.3 Å². The quantitative estimate of drug-likeness (QED) is 0.313. The Kier molecular flexibility index (Phi) is 8.71. The third-order valence-corrected chi connectivity index (χ3v) is 9.80. The normalized spacial score (nSPS) is 27.5. The lowest BCUT2D eigenvalue weighted by Crippen LogP contribution is -2.59. The molecule has 246 valence electrons. The van der Waals surface area contributed by atoms with Crippen LogP contribution in [-0.4, -0.2) is 66.4 Å². The summed E-state index contributed by atoms with van der Waals surface area (Å²) in [5.41, 5.74) is 0.751. The van der Waals surface area contributed by atoms with Gasteiger partial charge in [0.1, 0.15) is 5.60 Å². The van der Waals surface area contributed by atoms with Gasteiger partial charge < -0.3 is 35.6 Å². The van der Waals surface area contributed by atoms with Crippen LogP contribution in [0.25, 0.3) is 0 Å². The minimum Gasteiger partial charge on any atom is -0.444 e. The molecule has 11 nitrogen and oxygen atoms in total. The van der Waals surface area contributed by atoms with Gasteiger partial charge in [0, 0.05) is 18.8 Å². The number of urea groups is 1. The van der Waals surface area contributed by atoms with E-state index in [0.29, 0.717) is 41.4 Å². The van der Waals surface area contributed by atoms with Crippen molar-refractivity contribution in [2.45, 2.75) is 77.0 Å². The molecule has 0 spiro atoms. The van der Waals surface area contributed by atoms with Gasteiger partial charge in [0.25, 0.3) is 11.8 Å². The number of fused-ring (bicyclic) bond motifs is 1. The Hall–Kier alpha value is -4.12. The second-order valence-electron chi connectivity index (χ2n) is 14.7. The highest BCUT2D eigenvalue weighted by molar-refractivity contribution is 6.21. The van der Waals surface area contributed by atoms with Gasteiger partial charge in [-0.1, -0.05) is 30.3 Å². The van der Waals surface area contributed by atoms with E-state index >= 15 is 0 Å². The summed E-state index contributed by atoms with van der Waals surface area (Å²) in [6, 6.07) is 12.9. The number of carbonyl (C=O) groups excluding carboxylic acids is 4. The van der Waals surface area contributed by atoms with Gasteiger partial charge in [0.2, 0.25) is 0 Å². The number of benzene rings is 2. The van der Waals surface area contributed by atoms with Crippen molar-refractivity contribution in [3.8, 4) is 0 Å². The molecule has 5 aliphatic rings. The van der Waals surface area contributed by atoms with Crippen LogP contribution in [0, 0.1) is 23.2 Å². The fourth-order valence-corrected chi connectivity index (χ4v) is 8.53. The summed E-state index contributed by atoms with van der Waals surface area (Å²) in [4.78, 5) is 57.9. The Labute approximate surface area is 270 Å². The lowest BCUT2D eigenvalue weighted by molar-refractivity contribution is -0.129. The number of aliphatic hydroxyl groups excluding tert-OH is 1. The van der Waals surface area contributed by atoms with Gasteiger partial charge in [-0.15, -0.1) is 0 Å². The average Bonchev–Trinajstić information content (AvgIpc) is 3.05. The number of nitrogens with zero attached hydrogens (tertiary/aromatic N) is 2. The molecule has 4 saturated carbocycles. The van der Waals surface area contributed by atoms with Gasteiger partial charge in [0.05, 0.1) is 24.0 Å². The van der Waals surface area contributed by atoms with Gasteiger partial charge in [-0.25, -0.2) is 9.59 Å². The van der Waals surface area contributed by atoms with E-state index in [1.807, 2.05) is 18.2 Å². The van der Waals surface area contributed by atoms with Crippen molar-refractivity contribution in [2.75, 3.05) is 34.8 Å². The van der Waals surface area contributed by atoms with E-state index in [9.17, 15) is 24.3 Å². The number of nitrogens with one attached hydrogen (secondary N) is 3. The van der Waals surface area contributed by atoms with Crippen molar-refractivity contribution in [1.29, 1.82) is 0 Å². The van der Waals surface area contributed by atoms with E-state index in [4.69, 9.17) is 4.74 Å². The number of alkyl carbamates (subject to hydrolysis) is 1. The van der Waals surface area contributed by atoms with Crippen LogP contribution in [0.2, 0.25) is 0 Å². The third kappa shape index (κ3) is 6.84. The zero-order valence-electron chi connectivity index (χ0n) is 26.8. The van der Waals surface area contributed by atoms with E-state index in [2.05, 4.69) is 16.0 Å². The Morgan fingerprint density at radius 3 is 2.00 bits per heavy atom. The predicted octanol–water partition coefficient (Wildman–Crippen LogP) is 4.66. The highest BCUT2D eigenvalue weighted by Gasteiger charge is 2.53. The monoisotopic (exact) mass is 631 g/mol. The van der Waals surface area contributed by atoms with Gasteiger partial charge in [-0.3, -0.25) is 9.59 Å². The number of amides is 5. The zero-order valence-corrected chi connectivity index (χ0v) is 26.8. The summed E-state index contributed by atoms with van der Waals surface area (Å²) in [5, 5.41) is 18.3. The molecule has 2 aromatic carbocycles. The molecule has 2 aromatic rings. The molecule has 1 heterocycles. The number of hydrogen-bond acceptors (Lipinski definition) is 6. The summed E-state index contributed by atoms with van der Waals surface area (Å²) in [7, 11) is 0.